The van der Waals surface area contributed by atoms with Crippen molar-refractivity contribution in [1.29, 1.82) is 0 Å². The molecular weight excluding hydrogens is 230 g/mol. The standard InChI is InChI=1S/C14H21NO3/c1-5-8-18-13-9-10(2)6-7-12(13)15-14(16)11(3)17-4/h6-7,9,11H,5,8H2,1-4H3,(H,15,16). The lowest BCUT2D eigenvalue weighted by Gasteiger charge is -2.15. The van der Waals surface area contributed by atoms with Gasteiger partial charge in [-0.25, -0.2) is 0 Å². The SMILES string of the molecule is CCCOc1cc(C)ccc1NC(=O)C(C)OC. The van der Waals surface area contributed by atoms with E-state index in [0.717, 1.165) is 12.0 Å². The second-order valence-corrected chi connectivity index (χ2v) is 4.22. The molecule has 0 radical (unpaired) electrons. The van der Waals surface area contributed by atoms with Crippen molar-refractivity contribution in [2.75, 3.05) is 19.0 Å². The van der Waals surface area contributed by atoms with Crippen molar-refractivity contribution < 1.29 is 14.3 Å². The van der Waals surface area contributed by atoms with Crippen LogP contribution in [0, 0.1) is 6.92 Å². The summed E-state index contributed by atoms with van der Waals surface area (Å²) in [6.45, 7) is 6.37. The van der Waals surface area contributed by atoms with Crippen molar-refractivity contribution in [3.05, 3.63) is 23.8 Å². The Balaban J connectivity index is 2.83. The fourth-order valence-electron chi connectivity index (χ4n) is 1.41. The van der Waals surface area contributed by atoms with E-state index in [-0.39, 0.29) is 5.91 Å². The van der Waals surface area contributed by atoms with Crippen LogP contribution >= 0.6 is 0 Å². The molecule has 0 spiro atoms. The quantitative estimate of drug-likeness (QED) is 0.845. The molecule has 0 bridgehead atoms. The van der Waals surface area contributed by atoms with Crippen LogP contribution in [0.3, 0.4) is 0 Å². The highest BCUT2D eigenvalue weighted by molar-refractivity contribution is 5.95. The molecule has 1 N–H and O–H groups in total. The second-order valence-electron chi connectivity index (χ2n) is 4.22. The molecule has 1 aromatic carbocycles. The Labute approximate surface area is 108 Å². The number of aryl methyl sites for hydroxylation is 1. The molecule has 4 heteroatoms. The number of ether oxygens (including phenoxy) is 2. The highest BCUT2D eigenvalue weighted by Gasteiger charge is 2.14. The molecule has 0 fully saturated rings. The molecule has 0 aliphatic heterocycles. The largest absolute Gasteiger partial charge is 0.491 e. The maximum Gasteiger partial charge on any atom is 0.253 e. The first-order valence-electron chi connectivity index (χ1n) is 6.15. The minimum atomic E-state index is -0.481. The average Bonchev–Trinajstić information content (AvgIpc) is 2.37. The van der Waals surface area contributed by atoms with Gasteiger partial charge < -0.3 is 14.8 Å². The lowest BCUT2D eigenvalue weighted by molar-refractivity contribution is -0.124. The van der Waals surface area contributed by atoms with Crippen LogP contribution in [0.15, 0.2) is 18.2 Å². The lowest BCUT2D eigenvalue weighted by atomic mass is 10.2. The van der Waals surface area contributed by atoms with Gasteiger partial charge in [-0.1, -0.05) is 13.0 Å². The summed E-state index contributed by atoms with van der Waals surface area (Å²) in [6.07, 6.45) is 0.445. The Morgan fingerprint density at radius 2 is 2.17 bits per heavy atom. The van der Waals surface area contributed by atoms with E-state index < -0.39 is 6.10 Å². The molecule has 100 valence electrons. The smallest absolute Gasteiger partial charge is 0.253 e. The van der Waals surface area contributed by atoms with Crippen LogP contribution in [0.25, 0.3) is 0 Å². The molecule has 0 heterocycles. The van der Waals surface area contributed by atoms with Crippen LogP contribution in [-0.2, 0) is 9.53 Å². The summed E-state index contributed by atoms with van der Waals surface area (Å²) < 4.78 is 10.6. The molecule has 0 aromatic heterocycles. The van der Waals surface area contributed by atoms with Crippen molar-refractivity contribution >= 4 is 11.6 Å². The van der Waals surface area contributed by atoms with Crippen molar-refractivity contribution in [2.24, 2.45) is 0 Å². The summed E-state index contributed by atoms with van der Waals surface area (Å²) in [5.41, 5.74) is 1.78. The van der Waals surface area contributed by atoms with Crippen LogP contribution in [0.2, 0.25) is 0 Å². The monoisotopic (exact) mass is 251 g/mol. The number of nitrogens with one attached hydrogen (secondary N) is 1. The Kier molecular flexibility index (Phi) is 5.65. The van der Waals surface area contributed by atoms with E-state index in [1.165, 1.54) is 7.11 Å². The minimum absolute atomic E-state index is 0.178. The predicted octanol–water partition coefficient (Wildman–Crippen LogP) is 2.76. The number of hydrogen-bond donors (Lipinski definition) is 1. The number of hydrogen-bond acceptors (Lipinski definition) is 3. The molecule has 4 nitrogen and oxygen atoms in total. The van der Waals surface area contributed by atoms with E-state index in [0.29, 0.717) is 18.0 Å². The summed E-state index contributed by atoms with van der Waals surface area (Å²) in [7, 11) is 1.51. The molecule has 0 aliphatic carbocycles. The zero-order chi connectivity index (χ0) is 13.5. The lowest BCUT2D eigenvalue weighted by Crippen LogP contribution is -2.26. The number of carbonyl (C=O) groups excluding carboxylic acids is 1. The second kappa shape index (κ2) is 7.01. The van der Waals surface area contributed by atoms with Gasteiger partial charge in [-0.15, -0.1) is 0 Å². The van der Waals surface area contributed by atoms with Gasteiger partial charge in [0.15, 0.2) is 0 Å². The molecule has 1 amide bonds. The van der Waals surface area contributed by atoms with Crippen molar-refractivity contribution in [2.45, 2.75) is 33.3 Å². The van der Waals surface area contributed by atoms with Gasteiger partial charge in [-0.3, -0.25) is 4.79 Å². The average molecular weight is 251 g/mol. The number of rotatable bonds is 6. The normalized spacial score (nSPS) is 12.0. The van der Waals surface area contributed by atoms with E-state index in [9.17, 15) is 4.79 Å². The molecule has 0 saturated heterocycles. The van der Waals surface area contributed by atoms with Gasteiger partial charge >= 0.3 is 0 Å². The van der Waals surface area contributed by atoms with Gasteiger partial charge in [0.05, 0.1) is 12.3 Å². The van der Waals surface area contributed by atoms with Crippen LogP contribution < -0.4 is 10.1 Å². The minimum Gasteiger partial charge on any atom is -0.491 e. The van der Waals surface area contributed by atoms with Gasteiger partial charge in [-0.2, -0.15) is 0 Å². The zero-order valence-corrected chi connectivity index (χ0v) is 11.4. The topological polar surface area (TPSA) is 47.6 Å². The Morgan fingerprint density at radius 3 is 2.78 bits per heavy atom. The van der Waals surface area contributed by atoms with Gasteiger partial charge in [0.25, 0.3) is 5.91 Å². The van der Waals surface area contributed by atoms with E-state index in [1.807, 2.05) is 32.0 Å². The van der Waals surface area contributed by atoms with E-state index in [4.69, 9.17) is 9.47 Å². The van der Waals surface area contributed by atoms with Crippen LogP contribution in [0.4, 0.5) is 5.69 Å². The fraction of sp³-hybridized carbons (Fsp3) is 0.500. The van der Waals surface area contributed by atoms with Crippen molar-refractivity contribution in [3.63, 3.8) is 0 Å². The molecular formula is C14H21NO3. The van der Waals surface area contributed by atoms with Gasteiger partial charge in [0, 0.05) is 7.11 Å². The Morgan fingerprint density at radius 1 is 1.44 bits per heavy atom. The first-order valence-corrected chi connectivity index (χ1v) is 6.15. The number of anilines is 1. The third-order valence-electron chi connectivity index (χ3n) is 2.58. The maximum atomic E-state index is 11.8. The molecule has 18 heavy (non-hydrogen) atoms. The van der Waals surface area contributed by atoms with Crippen molar-refractivity contribution in [1.82, 2.24) is 0 Å². The van der Waals surface area contributed by atoms with E-state index >= 15 is 0 Å². The Hall–Kier alpha value is -1.55. The first kappa shape index (κ1) is 14.5. The van der Waals surface area contributed by atoms with E-state index in [2.05, 4.69) is 5.32 Å². The Bertz CT molecular complexity index is 404. The first-order chi connectivity index (χ1) is 8.58. The number of methoxy groups -OCH3 is 1. The van der Waals surface area contributed by atoms with Crippen molar-refractivity contribution in [3.8, 4) is 5.75 Å². The molecule has 1 rings (SSSR count). The molecule has 0 saturated carbocycles. The summed E-state index contributed by atoms with van der Waals surface area (Å²) in [6, 6.07) is 5.70. The fourth-order valence-corrected chi connectivity index (χ4v) is 1.41. The summed E-state index contributed by atoms with van der Waals surface area (Å²) in [4.78, 5) is 11.8. The third kappa shape index (κ3) is 4.04. The number of benzene rings is 1. The molecule has 1 atom stereocenters. The van der Waals surface area contributed by atoms with Crippen LogP contribution in [-0.4, -0.2) is 25.7 Å². The molecule has 1 unspecified atom stereocenters. The molecule has 1 aromatic rings. The van der Waals surface area contributed by atoms with Crippen LogP contribution in [0.5, 0.6) is 5.75 Å². The molecule has 0 aliphatic rings. The van der Waals surface area contributed by atoms with Crippen LogP contribution in [0.1, 0.15) is 25.8 Å². The summed E-state index contributed by atoms with van der Waals surface area (Å²) in [5.74, 6) is 0.524. The highest BCUT2D eigenvalue weighted by Crippen LogP contribution is 2.26. The maximum absolute atomic E-state index is 11.8. The van der Waals surface area contributed by atoms with Gasteiger partial charge in [0.2, 0.25) is 0 Å². The van der Waals surface area contributed by atoms with E-state index in [1.54, 1.807) is 6.92 Å². The zero-order valence-electron chi connectivity index (χ0n) is 11.4. The summed E-state index contributed by atoms with van der Waals surface area (Å²) >= 11 is 0. The highest BCUT2D eigenvalue weighted by atomic mass is 16.5. The predicted molar refractivity (Wildman–Crippen MR) is 72.1 cm³/mol. The van der Waals surface area contributed by atoms with Gasteiger partial charge in [0.1, 0.15) is 11.9 Å². The number of carbonyl (C=O) groups is 1. The third-order valence-corrected chi connectivity index (χ3v) is 2.58. The summed E-state index contributed by atoms with van der Waals surface area (Å²) in [5, 5.41) is 2.81. The number of amides is 1. The van der Waals surface area contributed by atoms with Gasteiger partial charge in [-0.05, 0) is 38.0 Å².